The van der Waals surface area contributed by atoms with Crippen molar-refractivity contribution in [2.75, 3.05) is 103 Å². The Labute approximate surface area is 468 Å². The van der Waals surface area contributed by atoms with E-state index in [1.165, 1.54) is 45.3 Å². The van der Waals surface area contributed by atoms with Crippen LogP contribution in [0.5, 0.6) is 0 Å². The molecule has 8 fully saturated rings. The molecule has 0 aromatic heterocycles. The number of sulfonamides is 2. The third kappa shape index (κ3) is 26.7. The number of cyclic esters (lactones) is 2. The van der Waals surface area contributed by atoms with Gasteiger partial charge in [0.05, 0.1) is 24.7 Å². The number of rotatable bonds is 9. The summed E-state index contributed by atoms with van der Waals surface area (Å²) in [5, 5.41) is 5.54. The number of carbonyl (C=O) groups excluding carboxylic acids is 4. The van der Waals surface area contributed by atoms with Crippen LogP contribution in [0.2, 0.25) is 0 Å². The SMILES string of the molecule is CC(C)N1CCCC1.CC(C)N1CCCCS1(=O)=O.CC(C)N1CCCNC1=O.CC(C)N1CCCOC1=O.CC(C)N1CCCS1(=O)=O.CC(C)N1CCC[C@@H]1CN.CC(C)N1CCNC1=O.CC(C)N1CCOC1=O. The summed E-state index contributed by atoms with van der Waals surface area (Å²) < 4.78 is 57.7. The van der Waals surface area contributed by atoms with Gasteiger partial charge in [-0.15, -0.1) is 0 Å². The maximum absolute atomic E-state index is 11.3. The van der Waals surface area contributed by atoms with Gasteiger partial charge in [0.2, 0.25) is 20.0 Å². The van der Waals surface area contributed by atoms with Gasteiger partial charge < -0.3 is 50.3 Å². The molecule has 8 saturated heterocycles. The van der Waals surface area contributed by atoms with E-state index in [1.807, 2.05) is 92.9 Å². The second-order valence-corrected chi connectivity index (χ2v) is 26.9. The second kappa shape index (κ2) is 36.9. The third-order valence-electron chi connectivity index (χ3n) is 14.2. The number of nitrogens with one attached hydrogen (secondary N) is 2. The standard InChI is InChI=1S/C8H18N2.C7H14N2O.C7H15NO2S.C7H13NO2.C7H15N.C6H12N2O.C6H13NO2S.C6H11NO2/c1-7(2)10-5-3-4-8(10)6-9;1-6(2)9-5-3-4-8-7(9)10;1-7(2)8-5-3-4-6-11(8,9)10;1-6(2)8-4-3-5-10-7(8)9;1-7(2)8-5-3-4-6-8;1-5(2)8-4-3-7-6(8)9;1-6(2)7-4-3-5-10(7,8)9;1-5(2)7-3-4-9-6(7)8/h7-8H,3-6,9H2,1-2H3;6H,3-5H2,1-2H3,(H,8,10);7H,3-6H2,1-2H3;6H,3-5H2,1-2H3;7H,3-6H2,1-2H3;5H,3-4H2,1-2H3,(H,7,9);6H,3-5H2,1-2H3;5H,3-4H2,1-2H3/t8-;;;;;;;/m1......./s1. The number of amides is 6. The Morgan fingerprint density at radius 3 is 1.18 bits per heavy atom. The van der Waals surface area contributed by atoms with E-state index in [-0.39, 0.29) is 48.4 Å². The molecule has 8 aliphatic rings. The molecule has 0 saturated carbocycles. The molecule has 454 valence electrons. The summed E-state index contributed by atoms with van der Waals surface area (Å²) in [6.07, 6.45) is 9.79. The van der Waals surface area contributed by atoms with Crippen LogP contribution in [0, 0.1) is 0 Å². The van der Waals surface area contributed by atoms with Crippen LogP contribution in [0.3, 0.4) is 0 Å². The molecular formula is C54H111N11O10S2. The molecule has 0 aromatic carbocycles. The fourth-order valence-corrected chi connectivity index (χ4v) is 13.3. The summed E-state index contributed by atoms with van der Waals surface area (Å²) in [6, 6.07) is 3.76. The van der Waals surface area contributed by atoms with Crippen molar-refractivity contribution in [3.8, 4) is 0 Å². The van der Waals surface area contributed by atoms with Gasteiger partial charge in [0, 0.05) is 107 Å². The minimum Gasteiger partial charge on any atom is -0.449 e. The molecule has 8 aliphatic heterocycles. The molecule has 1 atom stereocenters. The van der Waals surface area contributed by atoms with E-state index in [1.54, 1.807) is 18.4 Å². The van der Waals surface area contributed by atoms with Crippen molar-refractivity contribution in [2.24, 2.45) is 5.73 Å². The molecule has 0 bridgehead atoms. The van der Waals surface area contributed by atoms with E-state index < -0.39 is 20.0 Å². The zero-order valence-electron chi connectivity index (χ0n) is 50.9. The maximum Gasteiger partial charge on any atom is 0.410 e. The lowest BCUT2D eigenvalue weighted by Crippen LogP contribution is -2.49. The summed E-state index contributed by atoms with van der Waals surface area (Å²) in [4.78, 5) is 55.7. The lowest BCUT2D eigenvalue weighted by Gasteiger charge is -2.30. The molecule has 4 N–H and O–H groups in total. The molecular weight excluding hydrogens is 1030 g/mol. The molecule has 77 heavy (non-hydrogen) atoms. The van der Waals surface area contributed by atoms with Gasteiger partial charge in [-0.1, -0.05) is 0 Å². The van der Waals surface area contributed by atoms with Crippen LogP contribution in [0.25, 0.3) is 0 Å². The predicted octanol–water partition coefficient (Wildman–Crippen LogP) is 6.87. The first-order chi connectivity index (χ1) is 36.0. The van der Waals surface area contributed by atoms with Gasteiger partial charge >= 0.3 is 24.2 Å². The van der Waals surface area contributed by atoms with Crippen molar-refractivity contribution in [1.82, 2.24) is 48.6 Å². The number of nitrogens with zero attached hydrogens (tertiary/aromatic N) is 8. The van der Waals surface area contributed by atoms with Gasteiger partial charge in [-0.3, -0.25) is 4.90 Å². The monoisotopic (exact) mass is 1140 g/mol. The van der Waals surface area contributed by atoms with Crippen molar-refractivity contribution in [1.29, 1.82) is 0 Å². The molecule has 0 aliphatic carbocycles. The predicted molar refractivity (Wildman–Crippen MR) is 311 cm³/mol. The summed E-state index contributed by atoms with van der Waals surface area (Å²) in [7, 11) is -5.74. The highest BCUT2D eigenvalue weighted by Crippen LogP contribution is 2.19. The molecule has 8 rings (SSSR count). The van der Waals surface area contributed by atoms with Gasteiger partial charge in [-0.25, -0.2) is 36.0 Å². The largest absolute Gasteiger partial charge is 0.449 e. The van der Waals surface area contributed by atoms with Crippen LogP contribution >= 0.6 is 0 Å². The van der Waals surface area contributed by atoms with Crippen LogP contribution in [-0.4, -0.2) is 237 Å². The summed E-state index contributed by atoms with van der Waals surface area (Å²) in [5.41, 5.74) is 5.62. The minimum absolute atomic E-state index is 0.0741. The highest BCUT2D eigenvalue weighted by atomic mass is 32.2. The lowest BCUT2D eigenvalue weighted by atomic mass is 10.2. The normalized spacial score (nSPS) is 22.6. The zero-order valence-corrected chi connectivity index (χ0v) is 52.6. The minimum atomic E-state index is -2.89. The molecule has 21 nitrogen and oxygen atoms in total. The van der Waals surface area contributed by atoms with E-state index in [0.717, 1.165) is 84.0 Å². The highest BCUT2D eigenvalue weighted by Gasteiger charge is 2.31. The van der Waals surface area contributed by atoms with Gasteiger partial charge in [0.1, 0.15) is 6.61 Å². The van der Waals surface area contributed by atoms with Crippen LogP contribution in [0.15, 0.2) is 0 Å². The lowest BCUT2D eigenvalue weighted by molar-refractivity contribution is 0.0613. The molecule has 0 unspecified atom stereocenters. The third-order valence-corrected chi connectivity index (χ3v) is 18.4. The van der Waals surface area contributed by atoms with E-state index in [4.69, 9.17) is 15.2 Å². The highest BCUT2D eigenvalue weighted by molar-refractivity contribution is 7.89. The summed E-state index contributed by atoms with van der Waals surface area (Å²) in [6.45, 7) is 45.0. The number of likely N-dealkylation sites (tertiary alicyclic amines) is 2. The van der Waals surface area contributed by atoms with Crippen molar-refractivity contribution < 1.29 is 45.5 Å². The first-order valence-electron chi connectivity index (χ1n) is 29.1. The number of urea groups is 2. The number of nitrogens with two attached hydrogens (primary N) is 1. The van der Waals surface area contributed by atoms with Gasteiger partial charge in [-0.05, 0) is 188 Å². The van der Waals surface area contributed by atoms with Crippen LogP contribution < -0.4 is 16.4 Å². The van der Waals surface area contributed by atoms with Gasteiger partial charge in [0.15, 0.2) is 0 Å². The molecule has 0 aromatic rings. The maximum atomic E-state index is 11.3. The first-order valence-corrected chi connectivity index (χ1v) is 32.4. The Morgan fingerprint density at radius 1 is 0.442 bits per heavy atom. The molecule has 0 radical (unpaired) electrons. The Kier molecular flexibility index (Phi) is 34.4. The number of ether oxygens (including phenoxy) is 2. The molecule has 0 spiro atoms. The fourth-order valence-electron chi connectivity index (χ4n) is 9.71. The van der Waals surface area contributed by atoms with E-state index in [9.17, 15) is 36.0 Å². The summed E-state index contributed by atoms with van der Waals surface area (Å²) >= 11 is 0. The Bertz CT molecular complexity index is 1840. The Hall–Kier alpha value is -3.22. The fraction of sp³-hybridized carbons (Fsp3) is 0.926. The first kappa shape index (κ1) is 71.8. The zero-order chi connectivity index (χ0) is 58.6. The topological polar surface area (TPSA) is 231 Å². The van der Waals surface area contributed by atoms with Gasteiger partial charge in [0.25, 0.3) is 0 Å². The second-order valence-electron chi connectivity index (χ2n) is 22.9. The quantitative estimate of drug-likeness (QED) is 0.214. The van der Waals surface area contributed by atoms with E-state index in [2.05, 4.69) is 48.1 Å². The average molecular weight is 1140 g/mol. The van der Waals surface area contributed by atoms with Crippen molar-refractivity contribution in [3.05, 3.63) is 0 Å². The van der Waals surface area contributed by atoms with Crippen molar-refractivity contribution in [2.45, 2.75) is 223 Å². The van der Waals surface area contributed by atoms with E-state index in [0.29, 0.717) is 62.0 Å². The van der Waals surface area contributed by atoms with Gasteiger partial charge in [-0.2, -0.15) is 8.61 Å². The number of hydrogen-bond acceptors (Lipinski definition) is 13. The number of hydrogen-bond donors (Lipinski definition) is 3. The molecule has 8 heterocycles. The Balaban J connectivity index is 0.000000441. The smallest absolute Gasteiger partial charge is 0.410 e. The van der Waals surface area contributed by atoms with E-state index >= 15 is 0 Å². The van der Waals surface area contributed by atoms with Crippen LogP contribution in [0.1, 0.15) is 169 Å². The van der Waals surface area contributed by atoms with Crippen LogP contribution in [0.4, 0.5) is 19.2 Å². The average Bonchev–Trinajstić information content (AvgIpc) is 4.22. The number of carbonyl (C=O) groups is 4. The summed E-state index contributed by atoms with van der Waals surface area (Å²) in [5.74, 6) is 0.677. The Morgan fingerprint density at radius 2 is 0.883 bits per heavy atom. The van der Waals surface area contributed by atoms with Crippen molar-refractivity contribution in [3.63, 3.8) is 0 Å². The molecule has 6 amide bonds. The van der Waals surface area contributed by atoms with Crippen LogP contribution in [-0.2, 0) is 29.5 Å². The molecule has 23 heteroatoms. The van der Waals surface area contributed by atoms with Crippen molar-refractivity contribution >= 4 is 44.3 Å².